The van der Waals surface area contributed by atoms with E-state index in [0.29, 0.717) is 23.5 Å². The molecular weight excluding hydrogens is 404 g/mol. The lowest BCUT2D eigenvalue weighted by Gasteiger charge is -2.48. The Morgan fingerprint density at radius 2 is 1.77 bits per heavy atom. The fraction of sp³-hybridized carbons (Fsp3) is 0.682. The van der Waals surface area contributed by atoms with Gasteiger partial charge in [0, 0.05) is 38.0 Å². The number of fused-ring (bicyclic) bond motifs is 5. The van der Waals surface area contributed by atoms with Crippen LogP contribution in [0.15, 0.2) is 18.2 Å². The number of aryl methyl sites for hydroxylation is 1. The van der Waals surface area contributed by atoms with Crippen LogP contribution in [-0.2, 0) is 21.6 Å². The van der Waals surface area contributed by atoms with E-state index in [4.69, 9.17) is 4.55 Å². The summed E-state index contributed by atoms with van der Waals surface area (Å²) in [4.78, 5) is 12.3. The molecule has 4 aliphatic rings. The molecule has 0 amide bonds. The molecule has 5 rings (SSSR count). The van der Waals surface area contributed by atoms with E-state index < -0.39 is 10.4 Å². The van der Waals surface area contributed by atoms with Crippen LogP contribution in [0.2, 0.25) is 0 Å². The van der Waals surface area contributed by atoms with Crippen molar-refractivity contribution in [2.45, 2.75) is 51.4 Å². The lowest BCUT2D eigenvalue weighted by atomic mass is 9.55. The van der Waals surface area contributed by atoms with Crippen molar-refractivity contribution >= 4 is 16.2 Å². The number of hydrogen-bond acceptors (Lipinski definition) is 6. The number of nitrogens with one attached hydrogen (secondary N) is 2. The van der Waals surface area contributed by atoms with Gasteiger partial charge in [-0.15, -0.1) is 0 Å². The molecule has 30 heavy (non-hydrogen) atoms. The minimum atomic E-state index is -4.49. The molecule has 4 atom stereocenters. The highest BCUT2D eigenvalue weighted by atomic mass is 32.3. The Kier molecular flexibility index (Phi) is 6.21. The van der Waals surface area contributed by atoms with E-state index >= 15 is 0 Å². The van der Waals surface area contributed by atoms with E-state index in [1.54, 1.807) is 12.1 Å². The van der Waals surface area contributed by atoms with Crippen molar-refractivity contribution in [1.29, 1.82) is 0 Å². The average molecular weight is 437 g/mol. The quantitative estimate of drug-likeness (QED) is 0.612. The SMILES string of the molecule is C1CNCCN1.CC12CCC3c4ccc(OS(=O)(=O)O)cc4CCC3C1CCC2=O. The Labute approximate surface area is 178 Å². The molecule has 4 unspecified atom stereocenters. The second kappa shape index (κ2) is 8.57. The second-order valence-corrected chi connectivity index (χ2v) is 10.2. The first-order chi connectivity index (χ1) is 14.3. The Hall–Kier alpha value is -1.48. The van der Waals surface area contributed by atoms with Crippen LogP contribution in [0.3, 0.4) is 0 Å². The monoisotopic (exact) mass is 436 g/mol. The molecule has 3 fully saturated rings. The highest BCUT2D eigenvalue weighted by Gasteiger charge is 2.54. The van der Waals surface area contributed by atoms with Crippen LogP contribution in [0, 0.1) is 17.3 Å². The van der Waals surface area contributed by atoms with Crippen molar-refractivity contribution in [1.82, 2.24) is 10.6 Å². The number of Topliss-reactive ketones (excluding diaryl/α,β-unsaturated/α-hetero) is 1. The molecule has 1 heterocycles. The smallest absolute Gasteiger partial charge is 0.362 e. The summed E-state index contributed by atoms with van der Waals surface area (Å²) in [6, 6.07) is 5.28. The van der Waals surface area contributed by atoms with Crippen LogP contribution < -0.4 is 14.8 Å². The van der Waals surface area contributed by atoms with Gasteiger partial charge >= 0.3 is 10.4 Å². The van der Waals surface area contributed by atoms with E-state index in [0.717, 1.165) is 70.3 Å². The third-order valence-corrected chi connectivity index (χ3v) is 7.97. The first-order valence-corrected chi connectivity index (χ1v) is 12.4. The second-order valence-electron chi connectivity index (χ2n) is 9.21. The molecule has 0 spiro atoms. The minimum Gasteiger partial charge on any atom is -0.362 e. The summed E-state index contributed by atoms with van der Waals surface area (Å²) in [6.45, 7) is 6.71. The average Bonchev–Trinajstić information content (AvgIpc) is 3.03. The van der Waals surface area contributed by atoms with Crippen molar-refractivity contribution in [2.24, 2.45) is 17.3 Å². The Morgan fingerprint density at radius 1 is 1.07 bits per heavy atom. The van der Waals surface area contributed by atoms with Crippen molar-refractivity contribution in [2.75, 3.05) is 26.2 Å². The summed E-state index contributed by atoms with van der Waals surface area (Å²) in [6.07, 6.45) is 5.57. The van der Waals surface area contributed by atoms with E-state index in [1.807, 2.05) is 6.07 Å². The van der Waals surface area contributed by atoms with Gasteiger partial charge in [-0.25, -0.2) is 0 Å². The van der Waals surface area contributed by atoms with Gasteiger partial charge in [0.15, 0.2) is 0 Å². The van der Waals surface area contributed by atoms with Crippen molar-refractivity contribution in [3.05, 3.63) is 29.3 Å². The Balaban J connectivity index is 0.000000313. The number of piperazine rings is 1. The maximum atomic E-state index is 12.3. The van der Waals surface area contributed by atoms with Gasteiger partial charge < -0.3 is 14.8 Å². The molecule has 1 saturated heterocycles. The summed E-state index contributed by atoms with van der Waals surface area (Å²) in [5.74, 6) is 2.05. The van der Waals surface area contributed by atoms with Crippen molar-refractivity contribution in [3.63, 3.8) is 0 Å². The lowest BCUT2D eigenvalue weighted by molar-refractivity contribution is -0.129. The Morgan fingerprint density at radius 3 is 2.40 bits per heavy atom. The summed E-state index contributed by atoms with van der Waals surface area (Å²) >= 11 is 0. The van der Waals surface area contributed by atoms with Crippen LogP contribution >= 0.6 is 0 Å². The van der Waals surface area contributed by atoms with Crippen molar-refractivity contribution < 1.29 is 21.9 Å². The zero-order valence-electron chi connectivity index (χ0n) is 17.5. The van der Waals surface area contributed by atoms with E-state index in [9.17, 15) is 13.2 Å². The summed E-state index contributed by atoms with van der Waals surface area (Å²) in [5, 5.41) is 6.44. The van der Waals surface area contributed by atoms with Crippen molar-refractivity contribution in [3.8, 4) is 5.75 Å². The van der Waals surface area contributed by atoms with Gasteiger partial charge in [0.25, 0.3) is 0 Å². The highest BCUT2D eigenvalue weighted by Crippen LogP contribution is 2.59. The Bertz CT molecular complexity index is 887. The highest BCUT2D eigenvalue weighted by molar-refractivity contribution is 7.81. The third kappa shape index (κ3) is 4.42. The van der Waals surface area contributed by atoms with Gasteiger partial charge in [0.2, 0.25) is 0 Å². The van der Waals surface area contributed by atoms with Gasteiger partial charge in [0.05, 0.1) is 0 Å². The molecule has 0 aromatic heterocycles. The van der Waals surface area contributed by atoms with Crippen LogP contribution in [0.4, 0.5) is 0 Å². The maximum absolute atomic E-state index is 12.3. The lowest BCUT2D eigenvalue weighted by Crippen LogP contribution is -2.42. The zero-order valence-corrected chi connectivity index (χ0v) is 18.3. The first-order valence-electron chi connectivity index (χ1n) is 11.0. The van der Waals surface area contributed by atoms with Gasteiger partial charge in [-0.2, -0.15) is 8.42 Å². The molecule has 0 bridgehead atoms. The largest absolute Gasteiger partial charge is 0.446 e. The topological polar surface area (TPSA) is 105 Å². The maximum Gasteiger partial charge on any atom is 0.446 e. The number of carbonyl (C=O) groups is 1. The van der Waals surface area contributed by atoms with Crippen LogP contribution in [0.5, 0.6) is 5.75 Å². The number of carbonyl (C=O) groups excluding carboxylic acids is 1. The van der Waals surface area contributed by atoms with Gasteiger partial charge in [-0.05, 0) is 73.1 Å². The van der Waals surface area contributed by atoms with E-state index in [1.165, 1.54) is 5.56 Å². The number of rotatable bonds is 2. The normalized spacial score (nSPS) is 32.9. The molecule has 1 aromatic carbocycles. The predicted molar refractivity (Wildman–Crippen MR) is 114 cm³/mol. The van der Waals surface area contributed by atoms with Crippen LogP contribution in [0.25, 0.3) is 0 Å². The molecule has 3 aliphatic carbocycles. The molecule has 0 radical (unpaired) electrons. The van der Waals surface area contributed by atoms with E-state index in [-0.39, 0.29) is 11.2 Å². The standard InChI is InChI=1S/C18H22O5S.C4H10N2/c1-18-9-8-14-13-5-3-12(23-24(20,21)22)10-11(13)2-4-15(14)16(18)6-7-17(18)19;1-2-6-4-3-5-1/h3,5,10,14-16H,2,4,6-9H2,1H3,(H,20,21,22);5-6H,1-4H2. The molecule has 2 saturated carbocycles. The minimum absolute atomic E-state index is 0.132. The third-order valence-electron chi connectivity index (χ3n) is 7.57. The fourth-order valence-electron chi connectivity index (χ4n) is 6.11. The number of benzene rings is 1. The van der Waals surface area contributed by atoms with Crippen LogP contribution in [-0.4, -0.2) is 44.9 Å². The zero-order chi connectivity index (χ0) is 21.4. The molecular formula is C22H32N2O5S. The molecule has 8 heteroatoms. The molecule has 3 N–H and O–H groups in total. The number of ketones is 1. The van der Waals surface area contributed by atoms with Gasteiger partial charge in [-0.3, -0.25) is 9.35 Å². The summed E-state index contributed by atoms with van der Waals surface area (Å²) in [7, 11) is -4.49. The molecule has 1 aromatic rings. The summed E-state index contributed by atoms with van der Waals surface area (Å²) < 4.78 is 35.2. The molecule has 7 nitrogen and oxygen atoms in total. The van der Waals surface area contributed by atoms with E-state index in [2.05, 4.69) is 21.7 Å². The predicted octanol–water partition coefficient (Wildman–Crippen LogP) is 2.47. The first kappa shape index (κ1) is 21.7. The number of hydrogen-bond donors (Lipinski definition) is 3. The summed E-state index contributed by atoms with van der Waals surface area (Å²) in [5.41, 5.74) is 2.23. The molecule has 1 aliphatic heterocycles. The fourth-order valence-corrected chi connectivity index (χ4v) is 6.45. The van der Waals surface area contributed by atoms with Gasteiger partial charge in [0.1, 0.15) is 11.5 Å². The van der Waals surface area contributed by atoms with Gasteiger partial charge in [-0.1, -0.05) is 13.0 Å². The van der Waals surface area contributed by atoms with Crippen LogP contribution in [0.1, 0.15) is 56.1 Å². The molecule has 166 valence electrons.